The highest BCUT2D eigenvalue weighted by atomic mass is 19.1. The lowest BCUT2D eigenvalue weighted by molar-refractivity contribution is -0.131. The van der Waals surface area contributed by atoms with Crippen molar-refractivity contribution in [3.05, 3.63) is 59.3 Å². The van der Waals surface area contributed by atoms with E-state index in [4.69, 9.17) is 0 Å². The molecule has 0 saturated heterocycles. The minimum absolute atomic E-state index is 0.00855. The van der Waals surface area contributed by atoms with Crippen LogP contribution in [0.15, 0.2) is 36.7 Å². The van der Waals surface area contributed by atoms with Crippen molar-refractivity contribution >= 4 is 17.1 Å². The zero-order valence-corrected chi connectivity index (χ0v) is 13.8. The monoisotopic (exact) mass is 336 g/mol. The fourth-order valence-corrected chi connectivity index (χ4v) is 4.20. The molecule has 6 heteroatoms. The Kier molecular flexibility index (Phi) is 2.84. The molecule has 1 aliphatic heterocycles. The first-order valence-electron chi connectivity index (χ1n) is 8.45. The first-order valence-corrected chi connectivity index (χ1v) is 8.45. The zero-order chi connectivity index (χ0) is 17.2. The maximum atomic E-state index is 13.9. The Hall–Kier alpha value is -2.76. The van der Waals surface area contributed by atoms with E-state index in [0.717, 1.165) is 40.8 Å². The van der Waals surface area contributed by atoms with Crippen molar-refractivity contribution in [2.24, 2.45) is 0 Å². The van der Waals surface area contributed by atoms with Gasteiger partial charge in [-0.1, -0.05) is 12.1 Å². The minimum atomic E-state index is -0.342. The summed E-state index contributed by atoms with van der Waals surface area (Å²) in [5.74, 6) is -0.313. The second kappa shape index (κ2) is 4.88. The third kappa shape index (κ3) is 2.03. The van der Waals surface area contributed by atoms with Crippen molar-refractivity contribution in [1.29, 1.82) is 0 Å². The van der Waals surface area contributed by atoms with Crippen molar-refractivity contribution in [2.45, 2.75) is 31.2 Å². The number of aromatic amines is 1. The molecule has 0 radical (unpaired) electrons. The number of halogens is 1. The number of hydrogen-bond acceptors (Lipinski definition) is 3. The number of amides is 1. The number of rotatable bonds is 1. The summed E-state index contributed by atoms with van der Waals surface area (Å²) in [4.78, 5) is 26.6. The number of carbonyl (C=O) groups is 1. The van der Waals surface area contributed by atoms with E-state index in [2.05, 4.69) is 15.0 Å². The van der Waals surface area contributed by atoms with Gasteiger partial charge in [-0.25, -0.2) is 9.37 Å². The van der Waals surface area contributed by atoms with Crippen molar-refractivity contribution in [3.63, 3.8) is 0 Å². The number of nitrogens with zero attached hydrogens (tertiary/aromatic N) is 3. The normalized spacial score (nSPS) is 20.7. The molecular formula is C19H17FN4O. The predicted octanol–water partition coefficient (Wildman–Crippen LogP) is 3.08. The molecule has 1 atom stereocenters. The van der Waals surface area contributed by atoms with Crippen molar-refractivity contribution in [3.8, 4) is 0 Å². The Morgan fingerprint density at radius 2 is 2.12 bits per heavy atom. The van der Waals surface area contributed by atoms with Crippen LogP contribution in [0.5, 0.6) is 0 Å². The van der Waals surface area contributed by atoms with Crippen LogP contribution in [-0.4, -0.2) is 32.3 Å². The van der Waals surface area contributed by atoms with Crippen LogP contribution < -0.4 is 0 Å². The fourth-order valence-electron chi connectivity index (χ4n) is 4.20. The lowest BCUT2D eigenvalue weighted by Crippen LogP contribution is -2.44. The third-order valence-corrected chi connectivity index (χ3v) is 5.47. The first-order chi connectivity index (χ1) is 12.1. The number of aromatic nitrogens is 3. The zero-order valence-electron chi connectivity index (χ0n) is 13.8. The summed E-state index contributed by atoms with van der Waals surface area (Å²) in [6, 6.07) is 6.13. The Morgan fingerprint density at radius 3 is 2.84 bits per heavy atom. The highest BCUT2D eigenvalue weighted by molar-refractivity contribution is 5.83. The van der Waals surface area contributed by atoms with E-state index in [-0.39, 0.29) is 23.2 Å². The number of nitrogens with one attached hydrogen (secondary N) is 1. The van der Waals surface area contributed by atoms with Gasteiger partial charge >= 0.3 is 0 Å². The van der Waals surface area contributed by atoms with E-state index in [1.165, 1.54) is 12.1 Å². The molecule has 5 rings (SSSR count). The number of H-pyrrole nitrogens is 1. The van der Waals surface area contributed by atoms with Crippen molar-refractivity contribution < 1.29 is 9.18 Å². The van der Waals surface area contributed by atoms with Gasteiger partial charge < -0.3 is 9.88 Å². The highest BCUT2D eigenvalue weighted by Gasteiger charge is 2.54. The van der Waals surface area contributed by atoms with Gasteiger partial charge in [0.1, 0.15) is 11.3 Å². The Bertz CT molecular complexity index is 1010. The SMILES string of the molecule is CC(=O)N1CC2(CC2)c2c([nH]c3nccnc23)C1c1cccc(F)c1. The van der Waals surface area contributed by atoms with Gasteiger partial charge in [-0.15, -0.1) is 0 Å². The van der Waals surface area contributed by atoms with E-state index in [1.54, 1.807) is 25.4 Å². The second-order valence-electron chi connectivity index (χ2n) is 7.05. The number of benzene rings is 1. The molecule has 1 aromatic carbocycles. The molecule has 0 bridgehead atoms. The molecule has 126 valence electrons. The average Bonchev–Trinajstić information content (AvgIpc) is 3.24. The molecule has 3 aromatic rings. The van der Waals surface area contributed by atoms with E-state index >= 15 is 0 Å². The van der Waals surface area contributed by atoms with Gasteiger partial charge in [0.05, 0.1) is 11.7 Å². The maximum Gasteiger partial charge on any atom is 0.220 e. The van der Waals surface area contributed by atoms with Crippen LogP contribution in [0.2, 0.25) is 0 Å². The Morgan fingerprint density at radius 1 is 1.32 bits per heavy atom. The third-order valence-electron chi connectivity index (χ3n) is 5.47. The summed E-state index contributed by atoms with van der Waals surface area (Å²) in [6.45, 7) is 2.21. The topological polar surface area (TPSA) is 61.9 Å². The van der Waals surface area contributed by atoms with Crippen LogP contribution in [0.3, 0.4) is 0 Å². The van der Waals surface area contributed by atoms with Crippen LogP contribution in [0.1, 0.15) is 42.6 Å². The molecule has 1 amide bonds. The summed E-state index contributed by atoms with van der Waals surface area (Å²) in [5, 5.41) is 0. The van der Waals surface area contributed by atoms with Gasteiger partial charge in [-0.05, 0) is 30.5 Å². The Labute approximate surface area is 143 Å². The lowest BCUT2D eigenvalue weighted by Gasteiger charge is -2.39. The summed E-state index contributed by atoms with van der Waals surface area (Å²) >= 11 is 0. The van der Waals surface area contributed by atoms with Crippen molar-refractivity contribution in [1.82, 2.24) is 19.9 Å². The molecular weight excluding hydrogens is 319 g/mol. The van der Waals surface area contributed by atoms with Crippen LogP contribution in [0, 0.1) is 5.82 Å². The van der Waals surface area contributed by atoms with Gasteiger partial charge in [0.2, 0.25) is 5.91 Å². The van der Waals surface area contributed by atoms with Gasteiger partial charge in [0, 0.05) is 36.8 Å². The molecule has 1 fully saturated rings. The molecule has 25 heavy (non-hydrogen) atoms. The summed E-state index contributed by atoms with van der Waals surface area (Å²) in [5.41, 5.74) is 4.40. The quantitative estimate of drug-likeness (QED) is 0.743. The maximum absolute atomic E-state index is 13.9. The molecule has 5 nitrogen and oxygen atoms in total. The largest absolute Gasteiger partial charge is 0.339 e. The average molecular weight is 336 g/mol. The highest BCUT2D eigenvalue weighted by Crippen LogP contribution is 2.57. The summed E-state index contributed by atoms with van der Waals surface area (Å²) < 4.78 is 13.9. The molecule has 1 saturated carbocycles. The lowest BCUT2D eigenvalue weighted by atomic mass is 9.84. The molecule has 1 unspecified atom stereocenters. The van der Waals surface area contributed by atoms with Gasteiger partial charge in [-0.2, -0.15) is 0 Å². The molecule has 1 N–H and O–H groups in total. The van der Waals surface area contributed by atoms with Gasteiger partial charge in [0.15, 0.2) is 5.65 Å². The predicted molar refractivity (Wildman–Crippen MR) is 90.4 cm³/mol. The number of carbonyl (C=O) groups excluding carboxylic acids is 1. The fraction of sp³-hybridized carbons (Fsp3) is 0.316. The van der Waals surface area contributed by atoms with E-state index in [1.807, 2.05) is 11.0 Å². The second-order valence-corrected chi connectivity index (χ2v) is 7.05. The van der Waals surface area contributed by atoms with Gasteiger partial charge in [0.25, 0.3) is 0 Å². The minimum Gasteiger partial charge on any atom is -0.339 e. The standard InChI is InChI=1S/C19H17FN4O/c1-11(25)24-10-19(5-6-19)14-15(23-18-16(14)21-7-8-22-18)17(24)12-3-2-4-13(20)9-12/h2-4,7-9,17H,5-6,10H2,1H3,(H,22,23). The molecule has 2 aromatic heterocycles. The smallest absolute Gasteiger partial charge is 0.220 e. The van der Waals surface area contributed by atoms with Crippen LogP contribution in [0.4, 0.5) is 4.39 Å². The van der Waals surface area contributed by atoms with Crippen molar-refractivity contribution in [2.75, 3.05) is 6.54 Å². The van der Waals surface area contributed by atoms with E-state index in [9.17, 15) is 9.18 Å². The number of fused-ring (bicyclic) bond motifs is 4. The molecule has 3 heterocycles. The van der Waals surface area contributed by atoms with Crippen LogP contribution >= 0.6 is 0 Å². The Balaban J connectivity index is 1.80. The molecule has 2 aliphatic rings. The van der Waals surface area contributed by atoms with Crippen LogP contribution in [0.25, 0.3) is 11.2 Å². The van der Waals surface area contributed by atoms with Crippen LogP contribution in [-0.2, 0) is 10.2 Å². The van der Waals surface area contributed by atoms with E-state index < -0.39 is 0 Å². The molecule has 1 aliphatic carbocycles. The summed E-state index contributed by atoms with van der Waals surface area (Å²) in [7, 11) is 0. The molecule has 1 spiro atoms. The summed E-state index contributed by atoms with van der Waals surface area (Å²) in [6.07, 6.45) is 5.41. The van der Waals surface area contributed by atoms with E-state index in [0.29, 0.717) is 6.54 Å². The first kappa shape index (κ1) is 14.6. The van der Waals surface area contributed by atoms with Gasteiger partial charge in [-0.3, -0.25) is 9.78 Å². The number of hydrogen-bond donors (Lipinski definition) is 1.